The van der Waals surface area contributed by atoms with Crippen LogP contribution >= 0.6 is 0 Å². The Kier molecular flexibility index (Phi) is 7.18. The summed E-state index contributed by atoms with van der Waals surface area (Å²) in [6.07, 6.45) is -0.749. The van der Waals surface area contributed by atoms with Crippen molar-refractivity contribution < 1.29 is 29.0 Å². The predicted octanol–water partition coefficient (Wildman–Crippen LogP) is -0.783. The van der Waals surface area contributed by atoms with Crippen LogP contribution in [0.4, 0.5) is 4.79 Å². The quantitative estimate of drug-likeness (QED) is 0.508. The van der Waals surface area contributed by atoms with Crippen LogP contribution in [-0.2, 0) is 19.1 Å². The molecule has 9 nitrogen and oxygen atoms in total. The molecule has 4 N–H and O–H groups in total. The van der Waals surface area contributed by atoms with Crippen LogP contribution in [0.15, 0.2) is 0 Å². The van der Waals surface area contributed by atoms with Crippen LogP contribution in [0.3, 0.4) is 0 Å². The van der Waals surface area contributed by atoms with Crippen molar-refractivity contribution in [3.8, 4) is 0 Å². The lowest BCUT2D eigenvalue weighted by molar-refractivity contribution is -0.138. The highest BCUT2D eigenvalue weighted by atomic mass is 16.6. The van der Waals surface area contributed by atoms with E-state index in [4.69, 9.17) is 9.84 Å². The van der Waals surface area contributed by atoms with Crippen molar-refractivity contribution in [3.05, 3.63) is 0 Å². The number of hydrogen-bond donors (Lipinski definition) is 4. The van der Waals surface area contributed by atoms with Gasteiger partial charge in [-0.25, -0.2) is 4.79 Å². The van der Waals surface area contributed by atoms with Crippen molar-refractivity contribution in [2.75, 3.05) is 13.1 Å². The van der Waals surface area contributed by atoms with E-state index in [0.717, 1.165) is 0 Å². The minimum Gasteiger partial charge on any atom is -0.480 e. The molecule has 3 amide bonds. The number of amides is 3. The molecule has 9 heteroatoms. The molecular weight excluding hydrogens is 282 g/mol. The molecule has 0 heterocycles. The van der Waals surface area contributed by atoms with Gasteiger partial charge in [0, 0.05) is 0 Å². The zero-order valence-corrected chi connectivity index (χ0v) is 12.5. The molecule has 0 aromatic carbocycles. The fourth-order valence-electron chi connectivity index (χ4n) is 1.14. The van der Waals surface area contributed by atoms with E-state index in [-0.39, 0.29) is 6.54 Å². The molecule has 0 fully saturated rings. The summed E-state index contributed by atoms with van der Waals surface area (Å²) in [6.45, 7) is 5.55. The van der Waals surface area contributed by atoms with Crippen molar-refractivity contribution in [3.63, 3.8) is 0 Å². The third-order valence-corrected chi connectivity index (χ3v) is 1.98. The molecule has 0 spiro atoms. The van der Waals surface area contributed by atoms with Crippen LogP contribution < -0.4 is 16.0 Å². The van der Waals surface area contributed by atoms with Gasteiger partial charge in [0.15, 0.2) is 0 Å². The summed E-state index contributed by atoms with van der Waals surface area (Å²) >= 11 is 0. The van der Waals surface area contributed by atoms with E-state index in [1.165, 1.54) is 6.92 Å². The summed E-state index contributed by atoms with van der Waals surface area (Å²) in [4.78, 5) is 44.5. The lowest BCUT2D eigenvalue weighted by atomic mass is 10.2. The molecule has 21 heavy (non-hydrogen) atoms. The van der Waals surface area contributed by atoms with Crippen molar-refractivity contribution in [2.24, 2.45) is 0 Å². The van der Waals surface area contributed by atoms with Crippen LogP contribution in [0.1, 0.15) is 27.7 Å². The lowest BCUT2D eigenvalue weighted by Gasteiger charge is -2.19. The van der Waals surface area contributed by atoms with Crippen LogP contribution in [0.5, 0.6) is 0 Å². The van der Waals surface area contributed by atoms with E-state index in [9.17, 15) is 19.2 Å². The first-order chi connectivity index (χ1) is 9.51. The number of carbonyl (C=O) groups is 4. The van der Waals surface area contributed by atoms with Gasteiger partial charge < -0.3 is 25.8 Å². The van der Waals surface area contributed by atoms with Gasteiger partial charge in [-0.1, -0.05) is 0 Å². The van der Waals surface area contributed by atoms with Crippen LogP contribution in [0.25, 0.3) is 0 Å². The third kappa shape index (κ3) is 10.2. The van der Waals surface area contributed by atoms with Crippen LogP contribution in [0.2, 0.25) is 0 Å². The number of hydrogen-bond acceptors (Lipinski definition) is 5. The van der Waals surface area contributed by atoms with Gasteiger partial charge in [-0.15, -0.1) is 0 Å². The Bertz CT molecular complexity index is 416. The highest BCUT2D eigenvalue weighted by molar-refractivity contribution is 5.90. The maximum absolute atomic E-state index is 11.5. The zero-order valence-electron chi connectivity index (χ0n) is 12.5. The Balaban J connectivity index is 4.06. The second kappa shape index (κ2) is 8.08. The number of aliphatic carboxylic acids is 1. The summed E-state index contributed by atoms with van der Waals surface area (Å²) in [7, 11) is 0. The van der Waals surface area contributed by atoms with E-state index >= 15 is 0 Å². The molecule has 120 valence electrons. The smallest absolute Gasteiger partial charge is 0.408 e. The Morgan fingerprint density at radius 3 is 2.14 bits per heavy atom. The molecule has 0 rings (SSSR count). The predicted molar refractivity (Wildman–Crippen MR) is 72.5 cm³/mol. The largest absolute Gasteiger partial charge is 0.480 e. The van der Waals surface area contributed by atoms with Gasteiger partial charge in [-0.3, -0.25) is 14.4 Å². The first-order valence-electron chi connectivity index (χ1n) is 6.27. The molecule has 0 saturated carbocycles. The number of carbonyl (C=O) groups excluding carboxylic acids is 3. The number of carboxylic acid groups (broad SMARTS) is 1. The molecule has 0 unspecified atom stereocenters. The standard InChI is InChI=1S/C12H21N3O6/c1-7(10(19)13-6-9(17)18)15-8(16)5-14-11(20)21-12(2,3)4/h7H,5-6H2,1-4H3,(H,13,19)(H,14,20)(H,15,16)(H,17,18)/t7-/m0/s1. The van der Waals surface area contributed by atoms with E-state index < -0.39 is 42.1 Å². The van der Waals surface area contributed by atoms with Crippen molar-refractivity contribution in [1.29, 1.82) is 0 Å². The van der Waals surface area contributed by atoms with E-state index in [2.05, 4.69) is 16.0 Å². The zero-order chi connectivity index (χ0) is 16.6. The summed E-state index contributed by atoms with van der Waals surface area (Å²) in [5.41, 5.74) is -0.676. The van der Waals surface area contributed by atoms with E-state index in [1.54, 1.807) is 20.8 Å². The summed E-state index contributed by atoms with van der Waals surface area (Å²) in [6, 6.07) is -0.919. The van der Waals surface area contributed by atoms with E-state index in [0.29, 0.717) is 0 Å². The molecule has 0 aliphatic carbocycles. The van der Waals surface area contributed by atoms with Gasteiger partial charge in [0.25, 0.3) is 0 Å². The molecule has 0 radical (unpaired) electrons. The highest BCUT2D eigenvalue weighted by Crippen LogP contribution is 2.05. The Morgan fingerprint density at radius 1 is 1.10 bits per heavy atom. The van der Waals surface area contributed by atoms with Gasteiger partial charge >= 0.3 is 12.1 Å². The van der Waals surface area contributed by atoms with Gasteiger partial charge in [0.1, 0.15) is 24.7 Å². The fourth-order valence-corrected chi connectivity index (χ4v) is 1.14. The number of ether oxygens (including phenoxy) is 1. The summed E-state index contributed by atoms with van der Waals surface area (Å²) < 4.78 is 4.93. The molecule has 0 aliphatic heterocycles. The summed E-state index contributed by atoms with van der Waals surface area (Å²) in [5, 5.41) is 15.1. The van der Waals surface area contributed by atoms with E-state index in [1.807, 2.05) is 0 Å². The molecule has 1 atom stereocenters. The number of alkyl carbamates (subject to hydrolysis) is 1. The second-order valence-corrected chi connectivity index (χ2v) is 5.26. The minimum atomic E-state index is -1.19. The Morgan fingerprint density at radius 2 is 1.67 bits per heavy atom. The first kappa shape index (κ1) is 18.7. The number of carboxylic acids is 1. The van der Waals surface area contributed by atoms with Crippen molar-refractivity contribution >= 4 is 23.9 Å². The first-order valence-corrected chi connectivity index (χ1v) is 6.27. The molecule has 0 aromatic rings. The van der Waals surface area contributed by atoms with Gasteiger partial charge in [0.05, 0.1) is 0 Å². The van der Waals surface area contributed by atoms with Crippen LogP contribution in [0, 0.1) is 0 Å². The fraction of sp³-hybridized carbons (Fsp3) is 0.667. The van der Waals surface area contributed by atoms with Crippen molar-refractivity contribution in [1.82, 2.24) is 16.0 Å². The number of rotatable bonds is 6. The molecule has 0 aromatic heterocycles. The Hall–Kier alpha value is -2.32. The maximum atomic E-state index is 11.5. The SMILES string of the molecule is C[C@H](NC(=O)CNC(=O)OC(C)(C)C)C(=O)NCC(=O)O. The molecule has 0 bridgehead atoms. The molecule has 0 saturated heterocycles. The van der Waals surface area contributed by atoms with Gasteiger partial charge in [-0.05, 0) is 27.7 Å². The normalized spacial score (nSPS) is 12.0. The van der Waals surface area contributed by atoms with Gasteiger partial charge in [0.2, 0.25) is 11.8 Å². The monoisotopic (exact) mass is 303 g/mol. The van der Waals surface area contributed by atoms with Gasteiger partial charge in [-0.2, -0.15) is 0 Å². The topological polar surface area (TPSA) is 134 Å². The minimum absolute atomic E-state index is 0.356. The van der Waals surface area contributed by atoms with Crippen molar-refractivity contribution in [2.45, 2.75) is 39.3 Å². The molecule has 0 aliphatic rings. The third-order valence-electron chi connectivity index (χ3n) is 1.98. The second-order valence-electron chi connectivity index (χ2n) is 5.26. The highest BCUT2D eigenvalue weighted by Gasteiger charge is 2.19. The Labute approximate surface area is 122 Å². The number of nitrogens with one attached hydrogen (secondary N) is 3. The maximum Gasteiger partial charge on any atom is 0.408 e. The van der Waals surface area contributed by atoms with Crippen LogP contribution in [-0.4, -0.2) is 53.7 Å². The average Bonchev–Trinajstić information content (AvgIpc) is 2.31. The molecular formula is C12H21N3O6. The lowest BCUT2D eigenvalue weighted by Crippen LogP contribution is -2.49. The summed E-state index contributed by atoms with van der Waals surface area (Å²) in [5.74, 6) is -2.42. The average molecular weight is 303 g/mol.